The molecule has 0 atom stereocenters. The molecule has 1 N–H and O–H groups in total. The second-order valence-corrected chi connectivity index (χ2v) is 7.34. The van der Waals surface area contributed by atoms with Gasteiger partial charge in [-0.05, 0) is 67.8 Å². The van der Waals surface area contributed by atoms with Crippen LogP contribution in [0, 0.1) is 26.6 Å². The highest BCUT2D eigenvalue weighted by atomic mass is 19.1. The molecule has 0 saturated carbocycles. The number of hydrogen-bond acceptors (Lipinski definition) is 4. The second kappa shape index (κ2) is 9.89. The van der Waals surface area contributed by atoms with Crippen LogP contribution in [0.25, 0.3) is 0 Å². The van der Waals surface area contributed by atoms with Crippen molar-refractivity contribution in [2.75, 3.05) is 11.9 Å². The molecule has 0 aliphatic rings. The van der Waals surface area contributed by atoms with Gasteiger partial charge in [-0.15, -0.1) is 0 Å². The molecule has 0 heterocycles. The molecule has 0 spiro atoms. The van der Waals surface area contributed by atoms with Gasteiger partial charge in [0, 0.05) is 5.69 Å². The largest absolute Gasteiger partial charge is 0.489 e. The van der Waals surface area contributed by atoms with Crippen LogP contribution in [-0.2, 0) is 16.1 Å². The standard InChI is InChI=1S/C25H24FNO4/c1-16-11-17(2)24(18(3)12-16)27-23(28)15-31-25(29)20-5-4-6-22(13-20)30-14-19-7-9-21(26)10-8-19/h4-13H,14-15H2,1-3H3,(H,27,28). The van der Waals surface area contributed by atoms with Crippen molar-refractivity contribution >= 4 is 17.6 Å². The summed E-state index contributed by atoms with van der Waals surface area (Å²) in [5, 5.41) is 2.80. The van der Waals surface area contributed by atoms with Gasteiger partial charge in [0.25, 0.3) is 5.91 Å². The maximum atomic E-state index is 13.0. The van der Waals surface area contributed by atoms with E-state index in [1.54, 1.807) is 30.3 Å². The molecule has 0 aliphatic heterocycles. The van der Waals surface area contributed by atoms with E-state index in [4.69, 9.17) is 9.47 Å². The molecule has 0 fully saturated rings. The zero-order chi connectivity index (χ0) is 22.4. The average molecular weight is 421 g/mol. The fraction of sp³-hybridized carbons (Fsp3) is 0.200. The summed E-state index contributed by atoms with van der Waals surface area (Å²) in [5.41, 5.74) is 4.80. The lowest BCUT2D eigenvalue weighted by molar-refractivity contribution is -0.119. The number of rotatable bonds is 7. The summed E-state index contributed by atoms with van der Waals surface area (Å²) in [6.45, 7) is 5.66. The Balaban J connectivity index is 1.55. The molecule has 0 aromatic heterocycles. The first kappa shape index (κ1) is 22.0. The zero-order valence-electron chi connectivity index (χ0n) is 17.7. The quantitative estimate of drug-likeness (QED) is 0.538. The van der Waals surface area contributed by atoms with Crippen LogP contribution in [0.1, 0.15) is 32.6 Å². The van der Waals surface area contributed by atoms with Crippen molar-refractivity contribution in [3.05, 3.63) is 94.3 Å². The van der Waals surface area contributed by atoms with Gasteiger partial charge in [0.15, 0.2) is 6.61 Å². The van der Waals surface area contributed by atoms with Crippen molar-refractivity contribution < 1.29 is 23.5 Å². The summed E-state index contributed by atoms with van der Waals surface area (Å²) >= 11 is 0. The summed E-state index contributed by atoms with van der Waals surface area (Å²) in [6.07, 6.45) is 0. The van der Waals surface area contributed by atoms with Crippen LogP contribution >= 0.6 is 0 Å². The number of carbonyl (C=O) groups excluding carboxylic acids is 2. The van der Waals surface area contributed by atoms with Crippen LogP contribution < -0.4 is 10.1 Å². The number of anilines is 1. The topological polar surface area (TPSA) is 64.6 Å². The number of aryl methyl sites for hydroxylation is 3. The van der Waals surface area contributed by atoms with Gasteiger partial charge in [-0.1, -0.05) is 35.9 Å². The Morgan fingerprint density at radius 2 is 1.61 bits per heavy atom. The van der Waals surface area contributed by atoms with Gasteiger partial charge in [0.1, 0.15) is 18.2 Å². The van der Waals surface area contributed by atoms with Gasteiger partial charge in [-0.2, -0.15) is 0 Å². The van der Waals surface area contributed by atoms with Crippen molar-refractivity contribution in [3.63, 3.8) is 0 Å². The van der Waals surface area contributed by atoms with Crippen molar-refractivity contribution in [3.8, 4) is 5.75 Å². The third-order valence-electron chi connectivity index (χ3n) is 4.66. The molecule has 5 nitrogen and oxygen atoms in total. The molecule has 0 bridgehead atoms. The Bertz CT molecular complexity index is 1070. The van der Waals surface area contributed by atoms with Gasteiger partial charge in [0.05, 0.1) is 5.56 Å². The van der Waals surface area contributed by atoms with Gasteiger partial charge in [-0.25, -0.2) is 9.18 Å². The van der Waals surface area contributed by atoms with E-state index in [0.717, 1.165) is 27.9 Å². The molecule has 0 aliphatic carbocycles. The van der Waals surface area contributed by atoms with Gasteiger partial charge < -0.3 is 14.8 Å². The number of halogens is 1. The zero-order valence-corrected chi connectivity index (χ0v) is 17.7. The maximum Gasteiger partial charge on any atom is 0.338 e. The summed E-state index contributed by atoms with van der Waals surface area (Å²) in [6, 6.07) is 16.4. The van der Waals surface area contributed by atoms with E-state index in [-0.39, 0.29) is 18.0 Å². The summed E-state index contributed by atoms with van der Waals surface area (Å²) < 4.78 is 23.8. The number of amides is 1. The molecule has 0 saturated heterocycles. The van der Waals surface area contributed by atoms with E-state index in [1.165, 1.54) is 18.2 Å². The predicted octanol–water partition coefficient (Wildman–Crippen LogP) is 5.13. The number of esters is 1. The minimum absolute atomic E-state index is 0.233. The molecule has 1 amide bonds. The maximum absolute atomic E-state index is 13.0. The highest BCUT2D eigenvalue weighted by molar-refractivity contribution is 5.96. The monoisotopic (exact) mass is 421 g/mol. The Kier molecular flexibility index (Phi) is 7.03. The average Bonchev–Trinajstić information content (AvgIpc) is 2.74. The van der Waals surface area contributed by atoms with Crippen LogP contribution in [-0.4, -0.2) is 18.5 Å². The van der Waals surface area contributed by atoms with E-state index in [9.17, 15) is 14.0 Å². The minimum atomic E-state index is -0.625. The molecule has 0 radical (unpaired) electrons. The molecule has 3 aromatic carbocycles. The highest BCUT2D eigenvalue weighted by Crippen LogP contribution is 2.22. The lowest BCUT2D eigenvalue weighted by Gasteiger charge is -2.13. The van der Waals surface area contributed by atoms with E-state index in [2.05, 4.69) is 5.32 Å². The Morgan fingerprint density at radius 3 is 2.29 bits per heavy atom. The molecule has 31 heavy (non-hydrogen) atoms. The van der Waals surface area contributed by atoms with E-state index < -0.39 is 18.5 Å². The van der Waals surface area contributed by atoms with Crippen molar-refractivity contribution in [1.82, 2.24) is 0 Å². The smallest absolute Gasteiger partial charge is 0.338 e. The van der Waals surface area contributed by atoms with Crippen LogP contribution in [0.5, 0.6) is 5.75 Å². The third-order valence-corrected chi connectivity index (χ3v) is 4.66. The lowest BCUT2D eigenvalue weighted by Crippen LogP contribution is -2.22. The number of nitrogens with one attached hydrogen (secondary N) is 1. The fourth-order valence-electron chi connectivity index (χ4n) is 3.23. The van der Waals surface area contributed by atoms with Crippen LogP contribution in [0.15, 0.2) is 60.7 Å². The highest BCUT2D eigenvalue weighted by Gasteiger charge is 2.13. The molecule has 0 unspecified atom stereocenters. The summed E-state index contributed by atoms with van der Waals surface area (Å²) in [5.74, 6) is -0.883. The predicted molar refractivity (Wildman–Crippen MR) is 117 cm³/mol. The number of carbonyl (C=O) groups is 2. The van der Waals surface area contributed by atoms with Crippen LogP contribution in [0.3, 0.4) is 0 Å². The van der Waals surface area contributed by atoms with Gasteiger partial charge in [-0.3, -0.25) is 4.79 Å². The number of hydrogen-bond donors (Lipinski definition) is 1. The molecule has 6 heteroatoms. The van der Waals surface area contributed by atoms with Crippen molar-refractivity contribution in [1.29, 1.82) is 0 Å². The summed E-state index contributed by atoms with van der Waals surface area (Å²) in [4.78, 5) is 24.6. The lowest BCUT2D eigenvalue weighted by atomic mass is 10.1. The molecule has 160 valence electrons. The number of ether oxygens (including phenoxy) is 2. The van der Waals surface area contributed by atoms with E-state index in [0.29, 0.717) is 5.75 Å². The van der Waals surface area contributed by atoms with E-state index >= 15 is 0 Å². The third kappa shape index (κ3) is 6.15. The minimum Gasteiger partial charge on any atom is -0.489 e. The Hall–Kier alpha value is -3.67. The SMILES string of the molecule is Cc1cc(C)c(NC(=O)COC(=O)c2cccc(OCc3ccc(F)cc3)c2)c(C)c1. The van der Waals surface area contributed by atoms with Crippen LogP contribution in [0.4, 0.5) is 10.1 Å². The first-order chi connectivity index (χ1) is 14.8. The van der Waals surface area contributed by atoms with Crippen molar-refractivity contribution in [2.45, 2.75) is 27.4 Å². The fourth-order valence-corrected chi connectivity index (χ4v) is 3.23. The van der Waals surface area contributed by atoms with E-state index in [1.807, 2.05) is 32.9 Å². The molecular weight excluding hydrogens is 397 g/mol. The number of benzene rings is 3. The summed E-state index contributed by atoms with van der Waals surface area (Å²) in [7, 11) is 0. The first-order valence-electron chi connectivity index (χ1n) is 9.84. The Labute approximate surface area is 180 Å². The van der Waals surface area contributed by atoms with Gasteiger partial charge in [0.2, 0.25) is 0 Å². The molecule has 3 aromatic rings. The van der Waals surface area contributed by atoms with Crippen LogP contribution in [0.2, 0.25) is 0 Å². The van der Waals surface area contributed by atoms with Crippen molar-refractivity contribution in [2.24, 2.45) is 0 Å². The molecular formula is C25H24FNO4. The molecule has 3 rings (SSSR count). The first-order valence-corrected chi connectivity index (χ1v) is 9.84. The van der Waals surface area contributed by atoms with Gasteiger partial charge >= 0.3 is 5.97 Å². The second-order valence-electron chi connectivity index (χ2n) is 7.34. The Morgan fingerprint density at radius 1 is 0.935 bits per heavy atom. The normalized spacial score (nSPS) is 10.5.